The summed E-state index contributed by atoms with van der Waals surface area (Å²) < 4.78 is 6.14. The van der Waals surface area contributed by atoms with E-state index in [0.29, 0.717) is 17.3 Å². The molecule has 0 aliphatic carbocycles. The predicted octanol–water partition coefficient (Wildman–Crippen LogP) is 3.58. The van der Waals surface area contributed by atoms with Crippen LogP contribution < -0.4 is 5.32 Å². The monoisotopic (exact) mass is 419 g/mol. The Morgan fingerprint density at radius 2 is 1.91 bits per heavy atom. The normalized spacial score (nSPS) is 10.5. The summed E-state index contributed by atoms with van der Waals surface area (Å²) in [4.78, 5) is 16.5. The van der Waals surface area contributed by atoms with Gasteiger partial charge in [0.2, 0.25) is 0 Å². The molecule has 1 aromatic heterocycles. The second-order valence-corrected chi connectivity index (χ2v) is 6.21. The van der Waals surface area contributed by atoms with Gasteiger partial charge in [0.15, 0.2) is 5.82 Å². The van der Waals surface area contributed by atoms with Gasteiger partial charge in [-0.15, -0.1) is 0 Å². The first-order valence-electron chi connectivity index (χ1n) is 7.06. The molecule has 0 aliphatic heterocycles. The summed E-state index contributed by atoms with van der Waals surface area (Å²) >= 11 is 2.13. The first kappa shape index (κ1) is 15.7. The van der Waals surface area contributed by atoms with Crippen molar-refractivity contribution in [3.8, 4) is 11.5 Å². The number of amides is 1. The van der Waals surface area contributed by atoms with Gasteiger partial charge in [-0.05, 0) is 53.8 Å². The largest absolute Gasteiger partial charge is 0.345 e. The minimum atomic E-state index is -0.156. The summed E-state index contributed by atoms with van der Waals surface area (Å²) in [6.45, 7) is 2.24. The van der Waals surface area contributed by atoms with Gasteiger partial charge < -0.3 is 9.84 Å². The fourth-order valence-electron chi connectivity index (χ4n) is 2.04. The van der Waals surface area contributed by atoms with E-state index in [0.717, 1.165) is 9.13 Å². The molecule has 0 saturated carbocycles. The molecule has 5 nitrogen and oxygen atoms in total. The Morgan fingerprint density at radius 3 is 2.65 bits per heavy atom. The summed E-state index contributed by atoms with van der Waals surface area (Å²) in [5.41, 5.74) is 2.66. The smallest absolute Gasteiger partial charge is 0.257 e. The molecule has 0 fully saturated rings. The number of hydrogen-bond acceptors (Lipinski definition) is 4. The second-order valence-electron chi connectivity index (χ2n) is 5.04. The third-order valence-electron chi connectivity index (χ3n) is 3.29. The van der Waals surface area contributed by atoms with Crippen LogP contribution in [-0.4, -0.2) is 16.0 Å². The summed E-state index contributed by atoms with van der Waals surface area (Å²) in [5.74, 6) is 0.736. The zero-order chi connectivity index (χ0) is 16.2. The number of hydrogen-bond donors (Lipinski definition) is 1. The van der Waals surface area contributed by atoms with E-state index in [1.165, 1.54) is 5.56 Å². The molecule has 0 atom stereocenters. The average Bonchev–Trinajstić information content (AvgIpc) is 3.03. The molecule has 3 rings (SSSR count). The van der Waals surface area contributed by atoms with Gasteiger partial charge in [-0.2, -0.15) is 4.98 Å². The maximum absolute atomic E-state index is 12.2. The molecule has 0 unspecified atom stereocenters. The summed E-state index contributed by atoms with van der Waals surface area (Å²) in [7, 11) is 0. The third kappa shape index (κ3) is 3.76. The Bertz CT molecular complexity index is 828. The zero-order valence-electron chi connectivity index (χ0n) is 12.4. The van der Waals surface area contributed by atoms with E-state index in [-0.39, 0.29) is 12.5 Å². The summed E-state index contributed by atoms with van der Waals surface area (Å²) in [6, 6.07) is 15.2. The first-order chi connectivity index (χ1) is 11.1. The van der Waals surface area contributed by atoms with E-state index in [1.54, 1.807) is 6.07 Å². The Kier molecular flexibility index (Phi) is 4.71. The standard InChI is InChI=1S/C17H14IN3O2/c1-11-6-8-12(9-7-11)17-20-15(21-23-17)10-19-16(22)13-4-2-3-5-14(13)18/h2-9H,10H2,1H3,(H,19,22). The minimum absolute atomic E-state index is 0.156. The van der Waals surface area contributed by atoms with Gasteiger partial charge in [0.1, 0.15) is 0 Å². The lowest BCUT2D eigenvalue weighted by molar-refractivity contribution is 0.0948. The van der Waals surface area contributed by atoms with E-state index >= 15 is 0 Å². The number of benzene rings is 2. The molecule has 0 aliphatic rings. The summed E-state index contributed by atoms with van der Waals surface area (Å²) in [5, 5.41) is 6.70. The van der Waals surface area contributed by atoms with Crippen LogP contribution in [0.4, 0.5) is 0 Å². The molecular formula is C17H14IN3O2. The van der Waals surface area contributed by atoms with E-state index in [2.05, 4.69) is 38.0 Å². The van der Waals surface area contributed by atoms with Crippen LogP contribution in [0.25, 0.3) is 11.5 Å². The fraction of sp³-hybridized carbons (Fsp3) is 0.118. The van der Waals surface area contributed by atoms with E-state index in [4.69, 9.17) is 4.52 Å². The minimum Gasteiger partial charge on any atom is -0.345 e. The predicted molar refractivity (Wildman–Crippen MR) is 94.8 cm³/mol. The molecule has 0 radical (unpaired) electrons. The van der Waals surface area contributed by atoms with Crippen molar-refractivity contribution in [3.63, 3.8) is 0 Å². The van der Waals surface area contributed by atoms with Gasteiger partial charge in [0, 0.05) is 9.13 Å². The lowest BCUT2D eigenvalue weighted by Crippen LogP contribution is -2.24. The van der Waals surface area contributed by atoms with Crippen molar-refractivity contribution in [1.82, 2.24) is 15.5 Å². The van der Waals surface area contributed by atoms with Crippen molar-refractivity contribution in [2.24, 2.45) is 0 Å². The highest BCUT2D eigenvalue weighted by Crippen LogP contribution is 2.17. The van der Waals surface area contributed by atoms with Crippen molar-refractivity contribution in [2.75, 3.05) is 0 Å². The fourth-order valence-corrected chi connectivity index (χ4v) is 2.67. The van der Waals surface area contributed by atoms with Crippen molar-refractivity contribution in [1.29, 1.82) is 0 Å². The molecular weight excluding hydrogens is 405 g/mol. The molecule has 23 heavy (non-hydrogen) atoms. The highest BCUT2D eigenvalue weighted by atomic mass is 127. The zero-order valence-corrected chi connectivity index (χ0v) is 14.6. The SMILES string of the molecule is Cc1ccc(-c2nc(CNC(=O)c3ccccc3I)no2)cc1. The van der Waals surface area contributed by atoms with Crippen LogP contribution in [0.1, 0.15) is 21.7 Å². The van der Waals surface area contributed by atoms with Crippen LogP contribution in [-0.2, 0) is 6.54 Å². The number of nitrogens with zero attached hydrogens (tertiary/aromatic N) is 2. The molecule has 1 N–H and O–H groups in total. The Labute approximate surface area is 147 Å². The maximum atomic E-state index is 12.2. The van der Waals surface area contributed by atoms with E-state index in [9.17, 15) is 4.79 Å². The highest BCUT2D eigenvalue weighted by molar-refractivity contribution is 14.1. The average molecular weight is 419 g/mol. The maximum Gasteiger partial charge on any atom is 0.257 e. The van der Waals surface area contributed by atoms with Crippen LogP contribution >= 0.6 is 22.6 Å². The quantitative estimate of drug-likeness (QED) is 0.657. The van der Waals surface area contributed by atoms with Gasteiger partial charge in [-0.25, -0.2) is 0 Å². The lowest BCUT2D eigenvalue weighted by atomic mass is 10.1. The highest BCUT2D eigenvalue weighted by Gasteiger charge is 2.12. The Morgan fingerprint density at radius 1 is 1.17 bits per heavy atom. The number of aryl methyl sites for hydroxylation is 1. The van der Waals surface area contributed by atoms with Gasteiger partial charge in [0.05, 0.1) is 12.1 Å². The number of halogens is 1. The van der Waals surface area contributed by atoms with Gasteiger partial charge in [-0.1, -0.05) is 35.0 Å². The van der Waals surface area contributed by atoms with E-state index in [1.807, 2.05) is 49.4 Å². The number of carbonyl (C=O) groups is 1. The van der Waals surface area contributed by atoms with Crippen LogP contribution in [0.15, 0.2) is 53.1 Å². The van der Waals surface area contributed by atoms with Crippen molar-refractivity contribution in [3.05, 3.63) is 69.1 Å². The molecule has 0 bridgehead atoms. The Hall–Kier alpha value is -2.22. The van der Waals surface area contributed by atoms with Crippen LogP contribution in [0, 0.1) is 10.5 Å². The topological polar surface area (TPSA) is 68.0 Å². The van der Waals surface area contributed by atoms with Gasteiger partial charge in [-0.3, -0.25) is 4.79 Å². The molecule has 0 saturated heterocycles. The van der Waals surface area contributed by atoms with Crippen LogP contribution in [0.5, 0.6) is 0 Å². The molecule has 3 aromatic rings. The molecule has 2 aromatic carbocycles. The Balaban J connectivity index is 1.67. The second kappa shape index (κ2) is 6.91. The molecule has 1 amide bonds. The molecule has 0 spiro atoms. The molecule has 6 heteroatoms. The van der Waals surface area contributed by atoms with Crippen molar-refractivity contribution < 1.29 is 9.32 Å². The van der Waals surface area contributed by atoms with Crippen molar-refractivity contribution >= 4 is 28.5 Å². The van der Waals surface area contributed by atoms with Crippen LogP contribution in [0.3, 0.4) is 0 Å². The number of rotatable bonds is 4. The molecule has 1 heterocycles. The molecule has 116 valence electrons. The number of nitrogens with one attached hydrogen (secondary N) is 1. The third-order valence-corrected chi connectivity index (χ3v) is 4.23. The van der Waals surface area contributed by atoms with Crippen molar-refractivity contribution in [2.45, 2.75) is 13.5 Å². The first-order valence-corrected chi connectivity index (χ1v) is 8.14. The van der Waals surface area contributed by atoms with E-state index < -0.39 is 0 Å². The lowest BCUT2D eigenvalue weighted by Gasteiger charge is -2.04. The van der Waals surface area contributed by atoms with Crippen LogP contribution in [0.2, 0.25) is 0 Å². The number of aromatic nitrogens is 2. The number of carbonyl (C=O) groups excluding carboxylic acids is 1. The van der Waals surface area contributed by atoms with Gasteiger partial charge in [0.25, 0.3) is 11.8 Å². The van der Waals surface area contributed by atoms with Gasteiger partial charge >= 0.3 is 0 Å². The summed E-state index contributed by atoms with van der Waals surface area (Å²) in [6.07, 6.45) is 0.